The molecule has 1 aromatic carbocycles. The third-order valence-electron chi connectivity index (χ3n) is 2.45. The Labute approximate surface area is 91.7 Å². The lowest BCUT2D eigenvalue weighted by Gasteiger charge is -2.07. The second-order valence-corrected chi connectivity index (χ2v) is 4.06. The van der Waals surface area contributed by atoms with Crippen molar-refractivity contribution in [2.24, 2.45) is 0 Å². The highest BCUT2D eigenvalue weighted by Gasteiger charge is 1.99. The fourth-order valence-electron chi connectivity index (χ4n) is 1.56. The quantitative estimate of drug-likeness (QED) is 0.745. The molecule has 1 aromatic rings. The first-order valence-electron chi connectivity index (χ1n) is 5.36. The first-order chi connectivity index (χ1) is 7.09. The SMILES string of the molecule is CC(=O)CNCCc1cc(C)ccc1C. The molecule has 1 N–H and O–H groups in total. The summed E-state index contributed by atoms with van der Waals surface area (Å²) in [6.45, 7) is 7.17. The van der Waals surface area contributed by atoms with Crippen molar-refractivity contribution >= 4 is 5.78 Å². The number of carbonyl (C=O) groups is 1. The van der Waals surface area contributed by atoms with Crippen LogP contribution in [0.25, 0.3) is 0 Å². The highest BCUT2D eigenvalue weighted by Crippen LogP contribution is 2.10. The van der Waals surface area contributed by atoms with Gasteiger partial charge < -0.3 is 5.32 Å². The van der Waals surface area contributed by atoms with E-state index in [2.05, 4.69) is 37.4 Å². The topological polar surface area (TPSA) is 29.1 Å². The van der Waals surface area contributed by atoms with Crippen molar-refractivity contribution < 1.29 is 4.79 Å². The van der Waals surface area contributed by atoms with Gasteiger partial charge in [0.05, 0.1) is 6.54 Å². The molecule has 0 heterocycles. The van der Waals surface area contributed by atoms with Crippen LogP contribution < -0.4 is 5.32 Å². The van der Waals surface area contributed by atoms with Crippen LogP contribution in [-0.2, 0) is 11.2 Å². The van der Waals surface area contributed by atoms with Crippen LogP contribution in [0.4, 0.5) is 0 Å². The molecule has 0 saturated heterocycles. The van der Waals surface area contributed by atoms with Gasteiger partial charge in [-0.3, -0.25) is 4.79 Å². The minimum Gasteiger partial charge on any atom is -0.310 e. The number of hydrogen-bond acceptors (Lipinski definition) is 2. The number of nitrogens with one attached hydrogen (secondary N) is 1. The molecule has 0 bridgehead atoms. The van der Waals surface area contributed by atoms with Crippen LogP contribution in [0.2, 0.25) is 0 Å². The molecule has 0 radical (unpaired) electrons. The molecule has 0 saturated carbocycles. The summed E-state index contributed by atoms with van der Waals surface area (Å²) in [6.07, 6.45) is 0.987. The molecule has 0 aliphatic carbocycles. The number of aryl methyl sites for hydroxylation is 2. The Morgan fingerprint density at radius 3 is 2.73 bits per heavy atom. The van der Waals surface area contributed by atoms with Crippen LogP contribution in [0, 0.1) is 13.8 Å². The Balaban J connectivity index is 2.43. The summed E-state index contributed by atoms with van der Waals surface area (Å²) >= 11 is 0. The van der Waals surface area contributed by atoms with Gasteiger partial charge in [0.25, 0.3) is 0 Å². The van der Waals surface area contributed by atoms with E-state index in [4.69, 9.17) is 0 Å². The van der Waals surface area contributed by atoms with Gasteiger partial charge in [0.2, 0.25) is 0 Å². The van der Waals surface area contributed by atoms with Gasteiger partial charge in [-0.2, -0.15) is 0 Å². The van der Waals surface area contributed by atoms with Gasteiger partial charge in [0, 0.05) is 0 Å². The molecule has 15 heavy (non-hydrogen) atoms. The zero-order valence-electron chi connectivity index (χ0n) is 9.76. The van der Waals surface area contributed by atoms with Gasteiger partial charge in [0.15, 0.2) is 0 Å². The summed E-state index contributed by atoms with van der Waals surface area (Å²) in [7, 11) is 0. The molecule has 82 valence electrons. The fourth-order valence-corrected chi connectivity index (χ4v) is 1.56. The molecule has 2 nitrogen and oxygen atoms in total. The standard InChI is InChI=1S/C13H19NO/c1-10-4-5-11(2)13(8-10)6-7-14-9-12(3)15/h4-5,8,14H,6-7,9H2,1-3H3. The van der Waals surface area contributed by atoms with Crippen LogP contribution in [0.15, 0.2) is 18.2 Å². The van der Waals surface area contributed by atoms with E-state index in [1.165, 1.54) is 16.7 Å². The minimum atomic E-state index is 0.191. The van der Waals surface area contributed by atoms with Crippen molar-refractivity contribution in [2.75, 3.05) is 13.1 Å². The monoisotopic (exact) mass is 205 g/mol. The Hall–Kier alpha value is -1.15. The molecule has 0 aliphatic rings. The number of carbonyl (C=O) groups excluding carboxylic acids is 1. The second kappa shape index (κ2) is 5.66. The van der Waals surface area contributed by atoms with Crippen molar-refractivity contribution in [3.8, 4) is 0 Å². The van der Waals surface area contributed by atoms with E-state index >= 15 is 0 Å². The largest absolute Gasteiger partial charge is 0.310 e. The maximum atomic E-state index is 10.7. The lowest BCUT2D eigenvalue weighted by atomic mass is 10.0. The lowest BCUT2D eigenvalue weighted by molar-refractivity contribution is -0.116. The first-order valence-corrected chi connectivity index (χ1v) is 5.36. The molecule has 0 spiro atoms. The van der Waals surface area contributed by atoms with E-state index < -0.39 is 0 Å². The maximum absolute atomic E-state index is 10.7. The molecule has 0 atom stereocenters. The summed E-state index contributed by atoms with van der Waals surface area (Å²) in [5, 5.41) is 3.13. The van der Waals surface area contributed by atoms with Crippen molar-refractivity contribution in [3.05, 3.63) is 34.9 Å². The van der Waals surface area contributed by atoms with Gasteiger partial charge >= 0.3 is 0 Å². The van der Waals surface area contributed by atoms with Crippen LogP contribution in [0.5, 0.6) is 0 Å². The molecular weight excluding hydrogens is 186 g/mol. The third kappa shape index (κ3) is 4.26. The van der Waals surface area contributed by atoms with E-state index in [9.17, 15) is 4.79 Å². The van der Waals surface area contributed by atoms with Gasteiger partial charge in [-0.25, -0.2) is 0 Å². The van der Waals surface area contributed by atoms with Crippen LogP contribution in [-0.4, -0.2) is 18.9 Å². The highest BCUT2D eigenvalue weighted by molar-refractivity contribution is 5.77. The normalized spacial score (nSPS) is 10.3. The van der Waals surface area contributed by atoms with E-state index in [0.717, 1.165) is 13.0 Å². The number of ketones is 1. The van der Waals surface area contributed by atoms with Crippen LogP contribution >= 0.6 is 0 Å². The van der Waals surface area contributed by atoms with Crippen molar-refractivity contribution in [1.82, 2.24) is 5.32 Å². The Morgan fingerprint density at radius 1 is 1.33 bits per heavy atom. The minimum absolute atomic E-state index is 0.191. The fraction of sp³-hybridized carbons (Fsp3) is 0.462. The number of benzene rings is 1. The van der Waals surface area contributed by atoms with Gasteiger partial charge in [-0.05, 0) is 44.9 Å². The maximum Gasteiger partial charge on any atom is 0.143 e. The third-order valence-corrected chi connectivity index (χ3v) is 2.45. The Morgan fingerprint density at radius 2 is 2.07 bits per heavy atom. The van der Waals surface area contributed by atoms with Gasteiger partial charge in [-0.1, -0.05) is 23.8 Å². The Bertz CT molecular complexity index is 344. The van der Waals surface area contributed by atoms with Gasteiger partial charge in [0.1, 0.15) is 5.78 Å². The predicted octanol–water partition coefficient (Wildman–Crippen LogP) is 2.02. The molecule has 2 heteroatoms. The predicted molar refractivity (Wildman–Crippen MR) is 63.2 cm³/mol. The summed E-state index contributed by atoms with van der Waals surface area (Å²) in [5.74, 6) is 0.191. The number of rotatable bonds is 5. The summed E-state index contributed by atoms with van der Waals surface area (Å²) in [5.41, 5.74) is 3.98. The molecule has 0 unspecified atom stereocenters. The molecule has 0 fully saturated rings. The zero-order chi connectivity index (χ0) is 11.3. The number of hydrogen-bond donors (Lipinski definition) is 1. The molecule has 1 rings (SSSR count). The van der Waals surface area contributed by atoms with Crippen molar-refractivity contribution in [1.29, 1.82) is 0 Å². The smallest absolute Gasteiger partial charge is 0.143 e. The van der Waals surface area contributed by atoms with Gasteiger partial charge in [-0.15, -0.1) is 0 Å². The zero-order valence-corrected chi connectivity index (χ0v) is 9.76. The summed E-state index contributed by atoms with van der Waals surface area (Å²) in [6, 6.07) is 6.49. The van der Waals surface area contributed by atoms with Crippen molar-refractivity contribution in [2.45, 2.75) is 27.2 Å². The first kappa shape index (κ1) is 11.9. The van der Waals surface area contributed by atoms with E-state index in [1.807, 2.05) is 0 Å². The molecular formula is C13H19NO. The average Bonchev–Trinajstić information content (AvgIpc) is 2.17. The summed E-state index contributed by atoms with van der Waals surface area (Å²) in [4.78, 5) is 10.7. The molecule has 0 amide bonds. The highest BCUT2D eigenvalue weighted by atomic mass is 16.1. The number of Topliss-reactive ketones (excluding diaryl/α,β-unsaturated/α-hetero) is 1. The van der Waals surface area contributed by atoms with E-state index in [-0.39, 0.29) is 5.78 Å². The second-order valence-electron chi connectivity index (χ2n) is 4.06. The summed E-state index contributed by atoms with van der Waals surface area (Å²) < 4.78 is 0. The average molecular weight is 205 g/mol. The van der Waals surface area contributed by atoms with E-state index in [0.29, 0.717) is 6.54 Å². The Kier molecular flexibility index (Phi) is 4.50. The van der Waals surface area contributed by atoms with Crippen molar-refractivity contribution in [3.63, 3.8) is 0 Å². The van der Waals surface area contributed by atoms with Crippen LogP contribution in [0.3, 0.4) is 0 Å². The lowest BCUT2D eigenvalue weighted by Crippen LogP contribution is -2.23. The molecule has 0 aliphatic heterocycles. The van der Waals surface area contributed by atoms with E-state index in [1.54, 1.807) is 6.92 Å². The van der Waals surface area contributed by atoms with Crippen LogP contribution in [0.1, 0.15) is 23.6 Å². The molecule has 0 aromatic heterocycles.